The summed E-state index contributed by atoms with van der Waals surface area (Å²) in [5.74, 6) is 2.91. The number of pyridine rings is 1. The zero-order valence-electron chi connectivity index (χ0n) is 22.1. The lowest BCUT2D eigenvalue weighted by molar-refractivity contribution is 0.0888. The van der Waals surface area contributed by atoms with E-state index in [0.29, 0.717) is 30.9 Å². The molecule has 2 aromatic heterocycles. The molecule has 4 aromatic rings. The van der Waals surface area contributed by atoms with E-state index in [0.717, 1.165) is 59.7 Å². The van der Waals surface area contributed by atoms with Crippen LogP contribution in [0.5, 0.6) is 17.2 Å². The predicted molar refractivity (Wildman–Crippen MR) is 143 cm³/mol. The number of aromatic amines is 1. The van der Waals surface area contributed by atoms with Crippen LogP contribution in [0.2, 0.25) is 0 Å². The van der Waals surface area contributed by atoms with Crippen molar-refractivity contribution in [2.24, 2.45) is 0 Å². The van der Waals surface area contributed by atoms with E-state index in [1.54, 1.807) is 7.11 Å². The van der Waals surface area contributed by atoms with Crippen LogP contribution in [0.25, 0.3) is 10.9 Å². The Morgan fingerprint density at radius 3 is 2.87 bits per heavy atom. The molecule has 1 saturated heterocycles. The molecule has 2 atom stereocenters. The molecule has 11 heteroatoms. The van der Waals surface area contributed by atoms with Crippen LogP contribution in [-0.2, 0) is 24.4 Å². The van der Waals surface area contributed by atoms with E-state index in [2.05, 4.69) is 32.3 Å². The van der Waals surface area contributed by atoms with Crippen molar-refractivity contribution in [3.8, 4) is 17.2 Å². The molecule has 204 valence electrons. The van der Waals surface area contributed by atoms with Crippen molar-refractivity contribution in [3.63, 3.8) is 0 Å². The molecule has 0 radical (unpaired) electrons. The molecule has 6 rings (SSSR count). The Morgan fingerprint density at radius 2 is 2.05 bits per heavy atom. The van der Waals surface area contributed by atoms with Gasteiger partial charge in [0.1, 0.15) is 5.75 Å². The van der Waals surface area contributed by atoms with E-state index in [9.17, 15) is 4.79 Å². The summed E-state index contributed by atoms with van der Waals surface area (Å²) in [5.41, 5.74) is 2.29. The summed E-state index contributed by atoms with van der Waals surface area (Å²) >= 11 is 0. The first-order chi connectivity index (χ1) is 19.1. The Morgan fingerprint density at radius 1 is 1.15 bits per heavy atom. The van der Waals surface area contributed by atoms with Gasteiger partial charge in [0.2, 0.25) is 6.79 Å². The molecular weight excluding hydrogens is 500 g/mol. The zero-order valence-corrected chi connectivity index (χ0v) is 22.1. The molecular formula is C28H32N6O5. The number of benzene rings is 2. The van der Waals surface area contributed by atoms with Crippen LogP contribution in [-0.4, -0.2) is 56.7 Å². The highest BCUT2D eigenvalue weighted by Gasteiger charge is 2.28. The maximum Gasteiger partial charge on any atom is 0.252 e. The highest BCUT2D eigenvalue weighted by Crippen LogP contribution is 2.34. The van der Waals surface area contributed by atoms with Crippen LogP contribution in [0.3, 0.4) is 0 Å². The van der Waals surface area contributed by atoms with E-state index in [4.69, 9.17) is 18.9 Å². The van der Waals surface area contributed by atoms with Gasteiger partial charge in [0, 0.05) is 31.3 Å². The molecule has 1 fully saturated rings. The van der Waals surface area contributed by atoms with Gasteiger partial charge in [0.15, 0.2) is 17.3 Å². The minimum Gasteiger partial charge on any atom is -0.497 e. The van der Waals surface area contributed by atoms with Crippen molar-refractivity contribution < 1.29 is 18.9 Å². The molecule has 0 amide bonds. The Bertz CT molecular complexity index is 1510. The van der Waals surface area contributed by atoms with Crippen molar-refractivity contribution in [2.45, 2.75) is 58.0 Å². The van der Waals surface area contributed by atoms with Gasteiger partial charge in [-0.15, -0.1) is 5.10 Å². The molecule has 4 heterocycles. The van der Waals surface area contributed by atoms with E-state index in [1.165, 1.54) is 0 Å². The maximum absolute atomic E-state index is 13.2. The number of ether oxygens (including phenoxy) is 4. The van der Waals surface area contributed by atoms with E-state index in [-0.39, 0.29) is 24.5 Å². The lowest BCUT2D eigenvalue weighted by Crippen LogP contribution is -2.33. The summed E-state index contributed by atoms with van der Waals surface area (Å²) < 4.78 is 24.2. The van der Waals surface area contributed by atoms with Gasteiger partial charge >= 0.3 is 0 Å². The number of hydrogen-bond acceptors (Lipinski definition) is 9. The number of fused-ring (bicyclic) bond motifs is 2. The molecule has 0 bridgehead atoms. The Labute approximate surface area is 225 Å². The third-order valence-corrected chi connectivity index (χ3v) is 7.41. The van der Waals surface area contributed by atoms with Gasteiger partial charge in [-0.05, 0) is 71.0 Å². The highest BCUT2D eigenvalue weighted by molar-refractivity contribution is 5.80. The number of tetrazole rings is 1. The van der Waals surface area contributed by atoms with Gasteiger partial charge in [-0.1, -0.05) is 13.0 Å². The lowest BCUT2D eigenvalue weighted by atomic mass is 10.1. The molecule has 2 aromatic carbocycles. The third kappa shape index (κ3) is 5.32. The molecule has 1 N–H and O–H groups in total. The molecule has 2 aliphatic heterocycles. The van der Waals surface area contributed by atoms with Crippen molar-refractivity contribution in [1.29, 1.82) is 0 Å². The Kier molecular flexibility index (Phi) is 7.16. The van der Waals surface area contributed by atoms with E-state index >= 15 is 0 Å². The van der Waals surface area contributed by atoms with Gasteiger partial charge < -0.3 is 23.9 Å². The lowest BCUT2D eigenvalue weighted by Gasteiger charge is -2.30. The predicted octanol–water partition coefficient (Wildman–Crippen LogP) is 3.58. The summed E-state index contributed by atoms with van der Waals surface area (Å²) in [5, 5.41) is 13.7. The summed E-state index contributed by atoms with van der Waals surface area (Å²) in [7, 11) is 1.61. The first-order valence-electron chi connectivity index (χ1n) is 13.3. The van der Waals surface area contributed by atoms with Crippen molar-refractivity contribution in [2.75, 3.05) is 20.5 Å². The number of nitrogens with zero attached hydrogens (tertiary/aromatic N) is 5. The number of rotatable bonds is 10. The standard InChI is InChI=1S/C28H32N6O5/c1-3-24(27-30-31-32-34(27)16-22-5-4-10-37-22)33(14-18-6-9-25-26(11-18)39-17-38-25)15-20-12-19-7-8-21(36-2)13-23(19)29-28(20)35/h6-9,11-13,22,24H,3-5,10,14-17H2,1-2H3,(H,29,35)/t22-,24-/m1/s1. The molecule has 0 saturated carbocycles. The Hall–Kier alpha value is -3.96. The van der Waals surface area contributed by atoms with Crippen LogP contribution < -0.4 is 19.8 Å². The summed E-state index contributed by atoms with van der Waals surface area (Å²) in [6, 6.07) is 13.4. The van der Waals surface area contributed by atoms with Crippen LogP contribution in [0.15, 0.2) is 47.3 Å². The maximum atomic E-state index is 13.2. The fourth-order valence-corrected chi connectivity index (χ4v) is 5.40. The summed E-state index contributed by atoms with van der Waals surface area (Å²) in [4.78, 5) is 18.5. The first-order valence-corrected chi connectivity index (χ1v) is 13.3. The second kappa shape index (κ2) is 11.0. The minimum absolute atomic E-state index is 0.104. The molecule has 0 unspecified atom stereocenters. The number of hydrogen-bond donors (Lipinski definition) is 1. The number of aromatic nitrogens is 5. The quantitative estimate of drug-likeness (QED) is 0.327. The SMILES string of the molecule is CC[C@H](c1nnnn1C[C@H]1CCCO1)N(Cc1ccc2c(c1)OCO2)Cc1cc2ccc(OC)cc2[nH]c1=O. The van der Waals surface area contributed by atoms with Crippen LogP contribution in [0.4, 0.5) is 0 Å². The average molecular weight is 533 g/mol. The smallest absolute Gasteiger partial charge is 0.252 e. The van der Waals surface area contributed by atoms with Gasteiger partial charge in [-0.2, -0.15) is 0 Å². The number of methoxy groups -OCH3 is 1. The van der Waals surface area contributed by atoms with Crippen molar-refractivity contribution in [3.05, 3.63) is 69.8 Å². The largest absolute Gasteiger partial charge is 0.497 e. The topological polar surface area (TPSA) is 117 Å². The van der Waals surface area contributed by atoms with Crippen LogP contribution >= 0.6 is 0 Å². The molecule has 11 nitrogen and oxygen atoms in total. The monoisotopic (exact) mass is 532 g/mol. The third-order valence-electron chi connectivity index (χ3n) is 7.41. The number of nitrogens with one attached hydrogen (secondary N) is 1. The van der Waals surface area contributed by atoms with Gasteiger partial charge in [0.05, 0.1) is 31.3 Å². The summed E-state index contributed by atoms with van der Waals surface area (Å²) in [6.45, 7) is 4.66. The van der Waals surface area contributed by atoms with Gasteiger partial charge in [0.25, 0.3) is 5.56 Å². The van der Waals surface area contributed by atoms with Gasteiger partial charge in [-0.25, -0.2) is 4.68 Å². The van der Waals surface area contributed by atoms with Crippen LogP contribution in [0.1, 0.15) is 49.2 Å². The second-order valence-corrected chi connectivity index (χ2v) is 9.95. The number of H-pyrrole nitrogens is 1. The molecule has 0 spiro atoms. The highest BCUT2D eigenvalue weighted by atomic mass is 16.7. The fourth-order valence-electron chi connectivity index (χ4n) is 5.40. The first kappa shape index (κ1) is 25.3. The normalized spacial score (nSPS) is 17.3. The minimum atomic E-state index is -0.141. The van der Waals surface area contributed by atoms with E-state index < -0.39 is 0 Å². The molecule has 0 aliphatic carbocycles. The van der Waals surface area contributed by atoms with E-state index in [1.807, 2.05) is 47.1 Å². The molecule has 39 heavy (non-hydrogen) atoms. The Balaban J connectivity index is 1.35. The van der Waals surface area contributed by atoms with Gasteiger partial charge in [-0.3, -0.25) is 9.69 Å². The average Bonchev–Trinajstić information content (AvgIpc) is 3.72. The van der Waals surface area contributed by atoms with Crippen LogP contribution in [0, 0.1) is 0 Å². The fraction of sp³-hybridized carbons (Fsp3) is 0.429. The molecule has 2 aliphatic rings. The zero-order chi connectivity index (χ0) is 26.8. The summed E-state index contributed by atoms with van der Waals surface area (Å²) in [6.07, 6.45) is 2.90. The van der Waals surface area contributed by atoms with Crippen molar-refractivity contribution in [1.82, 2.24) is 30.1 Å². The second-order valence-electron chi connectivity index (χ2n) is 9.95. The van der Waals surface area contributed by atoms with Crippen molar-refractivity contribution >= 4 is 10.9 Å².